The average Bonchev–Trinajstić information content (AvgIpc) is 3.41. The number of hydrogen-bond acceptors (Lipinski definition) is 5. The van der Waals surface area contributed by atoms with Crippen LogP contribution in [0.5, 0.6) is 11.5 Å². The van der Waals surface area contributed by atoms with Crippen LogP contribution >= 0.6 is 11.6 Å². The number of ether oxygens (including phenoxy) is 2. The van der Waals surface area contributed by atoms with Gasteiger partial charge in [0.15, 0.2) is 5.65 Å². The van der Waals surface area contributed by atoms with Gasteiger partial charge in [-0.2, -0.15) is 0 Å². The number of imidazole rings is 1. The van der Waals surface area contributed by atoms with Crippen LogP contribution in [0, 0.1) is 0 Å². The summed E-state index contributed by atoms with van der Waals surface area (Å²) in [5.74, 6) is 1.89. The van der Waals surface area contributed by atoms with Crippen LogP contribution in [0.4, 0.5) is 10.5 Å². The number of carbonyl (C=O) groups excluding carboxylic acids is 1. The van der Waals surface area contributed by atoms with Crippen molar-refractivity contribution in [1.82, 2.24) is 19.9 Å². The SMILES string of the molecule is COc1cc(OC)c(NC(=O)NCCc2nc3cccnc3n2C2CCCC2)cc1Cl. The molecule has 0 bridgehead atoms. The third-order valence-electron chi connectivity index (χ3n) is 5.57. The molecule has 0 spiro atoms. The van der Waals surface area contributed by atoms with Crippen LogP contribution in [0.3, 0.4) is 0 Å². The van der Waals surface area contributed by atoms with Crippen molar-refractivity contribution in [3.8, 4) is 11.5 Å². The van der Waals surface area contributed by atoms with E-state index in [1.165, 1.54) is 27.1 Å². The van der Waals surface area contributed by atoms with Crippen molar-refractivity contribution >= 4 is 34.5 Å². The fourth-order valence-electron chi connectivity index (χ4n) is 4.11. The molecule has 4 rings (SSSR count). The minimum Gasteiger partial charge on any atom is -0.495 e. The number of pyridine rings is 1. The van der Waals surface area contributed by atoms with E-state index in [-0.39, 0.29) is 6.03 Å². The van der Waals surface area contributed by atoms with Crippen LogP contribution < -0.4 is 20.1 Å². The first-order valence-corrected chi connectivity index (χ1v) is 10.8. The molecule has 1 aliphatic rings. The van der Waals surface area contributed by atoms with Crippen LogP contribution in [-0.2, 0) is 6.42 Å². The maximum Gasteiger partial charge on any atom is 0.319 e. The molecule has 1 aromatic carbocycles. The van der Waals surface area contributed by atoms with Gasteiger partial charge in [0.1, 0.15) is 22.8 Å². The number of nitrogens with zero attached hydrogens (tertiary/aromatic N) is 3. The van der Waals surface area contributed by atoms with Crippen molar-refractivity contribution in [3.63, 3.8) is 0 Å². The topological polar surface area (TPSA) is 90.3 Å². The summed E-state index contributed by atoms with van der Waals surface area (Å²) in [5.41, 5.74) is 2.28. The maximum absolute atomic E-state index is 12.5. The van der Waals surface area contributed by atoms with Crippen molar-refractivity contribution < 1.29 is 14.3 Å². The highest BCUT2D eigenvalue weighted by Gasteiger charge is 2.23. The molecule has 31 heavy (non-hydrogen) atoms. The van der Waals surface area contributed by atoms with E-state index >= 15 is 0 Å². The third kappa shape index (κ3) is 4.54. The van der Waals surface area contributed by atoms with Gasteiger partial charge in [0, 0.05) is 31.3 Å². The Bertz CT molecular complexity index is 1080. The summed E-state index contributed by atoms with van der Waals surface area (Å²) in [5, 5.41) is 6.05. The van der Waals surface area contributed by atoms with E-state index in [1.54, 1.807) is 18.3 Å². The first-order valence-electron chi connectivity index (χ1n) is 10.4. The number of urea groups is 1. The van der Waals surface area contributed by atoms with Crippen molar-refractivity contribution in [2.24, 2.45) is 0 Å². The van der Waals surface area contributed by atoms with E-state index in [0.29, 0.717) is 41.2 Å². The van der Waals surface area contributed by atoms with Crippen molar-refractivity contribution in [3.05, 3.63) is 41.3 Å². The number of benzene rings is 1. The molecule has 164 valence electrons. The van der Waals surface area contributed by atoms with E-state index in [0.717, 1.165) is 29.8 Å². The largest absolute Gasteiger partial charge is 0.495 e. The van der Waals surface area contributed by atoms with Gasteiger partial charge in [0.25, 0.3) is 0 Å². The lowest BCUT2D eigenvalue weighted by molar-refractivity contribution is 0.252. The predicted molar refractivity (Wildman–Crippen MR) is 120 cm³/mol. The number of carbonyl (C=O) groups is 1. The lowest BCUT2D eigenvalue weighted by Crippen LogP contribution is -2.31. The number of anilines is 1. The molecule has 8 nitrogen and oxygen atoms in total. The van der Waals surface area contributed by atoms with Crippen molar-refractivity contribution in [2.45, 2.75) is 38.1 Å². The molecule has 0 saturated heterocycles. The predicted octanol–water partition coefficient (Wildman–Crippen LogP) is 4.58. The van der Waals surface area contributed by atoms with E-state index in [4.69, 9.17) is 26.1 Å². The Hall–Kier alpha value is -3.00. The quantitative estimate of drug-likeness (QED) is 0.557. The number of nitrogens with one attached hydrogen (secondary N) is 2. The molecule has 3 aromatic rings. The summed E-state index contributed by atoms with van der Waals surface area (Å²) in [6, 6.07) is 7.20. The molecule has 1 aliphatic carbocycles. The molecule has 9 heteroatoms. The zero-order valence-electron chi connectivity index (χ0n) is 17.7. The molecule has 0 atom stereocenters. The number of halogens is 1. The Morgan fingerprint density at radius 2 is 2.00 bits per heavy atom. The van der Waals surface area contributed by atoms with E-state index in [2.05, 4.69) is 20.2 Å². The lowest BCUT2D eigenvalue weighted by atomic mass is 10.2. The molecule has 0 aliphatic heterocycles. The highest BCUT2D eigenvalue weighted by molar-refractivity contribution is 6.32. The summed E-state index contributed by atoms with van der Waals surface area (Å²) in [7, 11) is 3.04. The highest BCUT2D eigenvalue weighted by atomic mass is 35.5. The lowest BCUT2D eigenvalue weighted by Gasteiger charge is -2.16. The number of amides is 2. The van der Waals surface area contributed by atoms with E-state index in [9.17, 15) is 4.79 Å². The van der Waals surface area contributed by atoms with Gasteiger partial charge in [-0.25, -0.2) is 14.8 Å². The van der Waals surface area contributed by atoms with Gasteiger partial charge in [-0.3, -0.25) is 0 Å². The molecular weight excluding hydrogens is 418 g/mol. The van der Waals surface area contributed by atoms with Crippen molar-refractivity contribution in [2.75, 3.05) is 26.1 Å². The van der Waals surface area contributed by atoms with Crippen LogP contribution in [0.1, 0.15) is 37.5 Å². The first kappa shape index (κ1) is 21.2. The summed E-state index contributed by atoms with van der Waals surface area (Å²) >= 11 is 6.18. The summed E-state index contributed by atoms with van der Waals surface area (Å²) in [6.45, 7) is 0.439. The molecule has 0 radical (unpaired) electrons. The normalized spacial score (nSPS) is 14.0. The molecular formula is C22H26ClN5O3. The van der Waals surface area contributed by atoms with Crippen LogP contribution in [0.15, 0.2) is 30.5 Å². The Morgan fingerprint density at radius 3 is 2.74 bits per heavy atom. The summed E-state index contributed by atoms with van der Waals surface area (Å²) in [6.07, 6.45) is 7.15. The number of fused-ring (bicyclic) bond motifs is 1. The Balaban J connectivity index is 1.43. The number of hydrogen-bond donors (Lipinski definition) is 2. The molecule has 1 saturated carbocycles. The summed E-state index contributed by atoms with van der Waals surface area (Å²) < 4.78 is 12.8. The number of methoxy groups -OCH3 is 2. The second kappa shape index (κ2) is 9.43. The molecule has 2 heterocycles. The monoisotopic (exact) mass is 443 g/mol. The fraction of sp³-hybridized carbons (Fsp3) is 0.409. The molecule has 2 amide bonds. The van der Waals surface area contributed by atoms with E-state index in [1.807, 2.05) is 12.1 Å². The molecule has 0 unspecified atom stereocenters. The van der Waals surface area contributed by atoms with E-state index < -0.39 is 0 Å². The van der Waals surface area contributed by atoms with Gasteiger partial charge in [0.05, 0.1) is 24.9 Å². The van der Waals surface area contributed by atoms with Gasteiger partial charge in [0.2, 0.25) is 0 Å². The zero-order chi connectivity index (χ0) is 21.8. The zero-order valence-corrected chi connectivity index (χ0v) is 18.4. The number of rotatable bonds is 7. The highest BCUT2D eigenvalue weighted by Crippen LogP contribution is 2.36. The summed E-state index contributed by atoms with van der Waals surface area (Å²) in [4.78, 5) is 21.8. The van der Waals surface area contributed by atoms with Gasteiger partial charge < -0.3 is 24.7 Å². The van der Waals surface area contributed by atoms with Crippen molar-refractivity contribution in [1.29, 1.82) is 0 Å². The Morgan fingerprint density at radius 1 is 1.23 bits per heavy atom. The van der Waals surface area contributed by atoms with Gasteiger partial charge in [-0.15, -0.1) is 0 Å². The molecule has 1 fully saturated rings. The third-order valence-corrected chi connectivity index (χ3v) is 5.86. The second-order valence-corrected chi connectivity index (χ2v) is 7.91. The minimum atomic E-state index is -0.346. The fourth-order valence-corrected chi connectivity index (χ4v) is 4.35. The Kier molecular flexibility index (Phi) is 6.46. The van der Waals surface area contributed by atoms with Gasteiger partial charge in [-0.1, -0.05) is 24.4 Å². The van der Waals surface area contributed by atoms with Crippen LogP contribution in [-0.4, -0.2) is 41.3 Å². The molecule has 2 aromatic heterocycles. The Labute approximate surface area is 185 Å². The van der Waals surface area contributed by atoms with Gasteiger partial charge >= 0.3 is 6.03 Å². The number of aromatic nitrogens is 3. The second-order valence-electron chi connectivity index (χ2n) is 7.50. The standard InChI is InChI=1S/C22H26ClN5O3/c1-30-18-13-19(31-2)17(12-15(18)23)27-22(29)25-11-9-20-26-16-8-5-10-24-21(16)28(20)14-6-3-4-7-14/h5,8,10,12-14H,3-4,6-7,9,11H2,1-2H3,(H2,25,27,29). The maximum atomic E-state index is 12.5. The van der Waals surface area contributed by atoms with Crippen LogP contribution in [0.25, 0.3) is 11.2 Å². The average molecular weight is 444 g/mol. The smallest absolute Gasteiger partial charge is 0.319 e. The van der Waals surface area contributed by atoms with Crippen LogP contribution in [0.2, 0.25) is 5.02 Å². The van der Waals surface area contributed by atoms with Gasteiger partial charge in [-0.05, 0) is 31.0 Å². The first-order chi connectivity index (χ1) is 15.1. The molecule has 2 N–H and O–H groups in total. The minimum absolute atomic E-state index is 0.346.